The summed E-state index contributed by atoms with van der Waals surface area (Å²) in [7, 11) is 0. The van der Waals surface area contributed by atoms with Crippen LogP contribution in [0.4, 0.5) is 0 Å². The van der Waals surface area contributed by atoms with Crippen LogP contribution in [-0.2, 0) is 16.0 Å². The Kier molecular flexibility index (Phi) is 2.23. The minimum atomic E-state index is -0.386. The summed E-state index contributed by atoms with van der Waals surface area (Å²) in [4.78, 5) is 10.7. The zero-order valence-corrected chi connectivity index (χ0v) is 7.66. The van der Waals surface area contributed by atoms with Crippen molar-refractivity contribution in [1.29, 1.82) is 0 Å². The van der Waals surface area contributed by atoms with Crippen LogP contribution in [-0.4, -0.2) is 12.6 Å². The Balaban J connectivity index is 1.89. The summed E-state index contributed by atoms with van der Waals surface area (Å²) in [6.07, 6.45) is 1.84. The van der Waals surface area contributed by atoms with Crippen molar-refractivity contribution < 1.29 is 13.9 Å². The second-order valence-corrected chi connectivity index (χ2v) is 2.99. The molecule has 3 heteroatoms. The molecule has 0 radical (unpaired) electrons. The fourth-order valence-electron chi connectivity index (χ4n) is 1.36. The Morgan fingerprint density at radius 1 is 1.57 bits per heavy atom. The normalized spacial score (nSPS) is 10.6. The third kappa shape index (κ3) is 1.62. The van der Waals surface area contributed by atoms with Crippen molar-refractivity contribution in [2.75, 3.05) is 6.61 Å². The van der Waals surface area contributed by atoms with Gasteiger partial charge in [-0.1, -0.05) is 6.58 Å². The molecule has 0 atom stereocenters. The lowest BCUT2D eigenvalue weighted by Gasteiger charge is -1.99. The van der Waals surface area contributed by atoms with Crippen molar-refractivity contribution in [2.45, 2.75) is 6.42 Å². The van der Waals surface area contributed by atoms with E-state index in [9.17, 15) is 4.79 Å². The molecule has 0 saturated carbocycles. The van der Waals surface area contributed by atoms with Crippen molar-refractivity contribution in [1.82, 2.24) is 0 Å². The molecule has 14 heavy (non-hydrogen) atoms. The molecule has 0 amide bonds. The summed E-state index contributed by atoms with van der Waals surface area (Å²) in [6, 6.07) is 5.78. The summed E-state index contributed by atoms with van der Waals surface area (Å²) < 4.78 is 10.2. The van der Waals surface area contributed by atoms with E-state index in [0.717, 1.165) is 22.8 Å². The molecule has 2 aromatic heterocycles. The van der Waals surface area contributed by atoms with Crippen LogP contribution in [0.3, 0.4) is 0 Å². The van der Waals surface area contributed by atoms with Gasteiger partial charge in [0.25, 0.3) is 0 Å². The molecule has 3 nitrogen and oxygen atoms in total. The first-order valence-electron chi connectivity index (χ1n) is 4.39. The van der Waals surface area contributed by atoms with Crippen LogP contribution in [0.25, 0.3) is 11.2 Å². The fraction of sp³-hybridized carbons (Fsp3) is 0.182. The molecule has 0 spiro atoms. The van der Waals surface area contributed by atoms with E-state index < -0.39 is 0 Å². The minimum absolute atomic E-state index is 0.366. The molecular formula is C11H10O3. The third-order valence-electron chi connectivity index (χ3n) is 2.04. The van der Waals surface area contributed by atoms with Gasteiger partial charge in [-0.25, -0.2) is 4.79 Å². The molecule has 0 aliphatic carbocycles. The highest BCUT2D eigenvalue weighted by atomic mass is 16.5. The number of carbonyl (C=O) groups excluding carboxylic acids is 1. The van der Waals surface area contributed by atoms with Crippen LogP contribution in [0, 0.1) is 0 Å². The van der Waals surface area contributed by atoms with E-state index >= 15 is 0 Å². The zero-order chi connectivity index (χ0) is 9.97. The van der Waals surface area contributed by atoms with Gasteiger partial charge >= 0.3 is 5.97 Å². The molecule has 0 aromatic carbocycles. The lowest BCUT2D eigenvalue weighted by atomic mass is 10.2. The Morgan fingerprint density at radius 3 is 3.00 bits per heavy atom. The van der Waals surface area contributed by atoms with Crippen LogP contribution >= 0.6 is 0 Å². The number of benzene rings is 1. The monoisotopic (exact) mass is 190 g/mol. The first kappa shape index (κ1) is 8.81. The zero-order valence-electron chi connectivity index (χ0n) is 7.66. The number of hydrogen-bond donors (Lipinski definition) is 0. The second kappa shape index (κ2) is 3.54. The SMILES string of the molecule is C=CC(=O)OCCc1cc2ccc1o2. The van der Waals surface area contributed by atoms with Crippen LogP contribution in [0.2, 0.25) is 0 Å². The summed E-state index contributed by atoms with van der Waals surface area (Å²) in [5.74, 6) is -0.386. The smallest absolute Gasteiger partial charge is 0.330 e. The first-order chi connectivity index (χ1) is 6.79. The van der Waals surface area contributed by atoms with Crippen molar-refractivity contribution in [2.24, 2.45) is 0 Å². The molecule has 0 saturated heterocycles. The predicted molar refractivity (Wildman–Crippen MR) is 52.3 cm³/mol. The average molecular weight is 190 g/mol. The van der Waals surface area contributed by atoms with Crippen molar-refractivity contribution >= 4 is 17.1 Å². The molecule has 0 aliphatic rings. The van der Waals surface area contributed by atoms with Crippen molar-refractivity contribution in [3.05, 3.63) is 36.4 Å². The first-order valence-corrected chi connectivity index (χ1v) is 4.39. The fourth-order valence-corrected chi connectivity index (χ4v) is 1.36. The van der Waals surface area contributed by atoms with Crippen molar-refractivity contribution in [3.63, 3.8) is 0 Å². The van der Waals surface area contributed by atoms with E-state index in [2.05, 4.69) is 6.58 Å². The topological polar surface area (TPSA) is 39.4 Å². The maximum atomic E-state index is 10.7. The summed E-state index contributed by atoms with van der Waals surface area (Å²) >= 11 is 0. The lowest BCUT2D eigenvalue weighted by Crippen LogP contribution is -2.03. The van der Waals surface area contributed by atoms with Gasteiger partial charge in [-0.05, 0) is 18.2 Å². The highest BCUT2D eigenvalue weighted by Crippen LogP contribution is 2.22. The molecule has 2 rings (SSSR count). The largest absolute Gasteiger partial charge is 0.462 e. The Bertz CT molecular complexity index is 441. The van der Waals surface area contributed by atoms with Gasteiger partial charge in [0.1, 0.15) is 11.2 Å². The van der Waals surface area contributed by atoms with E-state index in [0.29, 0.717) is 13.0 Å². The number of furan rings is 2. The second-order valence-electron chi connectivity index (χ2n) is 2.99. The van der Waals surface area contributed by atoms with Gasteiger partial charge in [-0.3, -0.25) is 0 Å². The molecule has 2 aromatic rings. The summed E-state index contributed by atoms with van der Waals surface area (Å²) in [5.41, 5.74) is 2.82. The molecule has 2 heterocycles. The van der Waals surface area contributed by atoms with Gasteiger partial charge in [0, 0.05) is 18.1 Å². The van der Waals surface area contributed by atoms with Crippen LogP contribution < -0.4 is 0 Å². The Labute approximate surface area is 81.3 Å². The maximum Gasteiger partial charge on any atom is 0.330 e. The van der Waals surface area contributed by atoms with Gasteiger partial charge in [-0.2, -0.15) is 0 Å². The van der Waals surface area contributed by atoms with Gasteiger partial charge in [0.15, 0.2) is 0 Å². The van der Waals surface area contributed by atoms with E-state index in [1.165, 1.54) is 0 Å². The standard InChI is InChI=1S/C11H10O3/c1-2-11(12)13-6-5-8-7-9-3-4-10(8)14-9/h2-4,7H,1,5-6H2. The van der Waals surface area contributed by atoms with Gasteiger partial charge in [0.05, 0.1) is 6.61 Å². The molecule has 0 aliphatic heterocycles. The molecular weight excluding hydrogens is 180 g/mol. The summed E-state index contributed by atoms with van der Waals surface area (Å²) in [6.45, 7) is 3.68. The van der Waals surface area contributed by atoms with E-state index in [1.54, 1.807) is 0 Å². The number of esters is 1. The lowest BCUT2D eigenvalue weighted by molar-refractivity contribution is -0.137. The van der Waals surface area contributed by atoms with Gasteiger partial charge in [0.2, 0.25) is 0 Å². The third-order valence-corrected chi connectivity index (χ3v) is 2.04. The molecule has 0 unspecified atom stereocenters. The summed E-state index contributed by atoms with van der Waals surface area (Å²) in [5, 5.41) is 0. The Morgan fingerprint density at radius 2 is 2.43 bits per heavy atom. The predicted octanol–water partition coefficient (Wildman–Crippen LogP) is 2.14. The maximum absolute atomic E-state index is 10.7. The van der Waals surface area contributed by atoms with Crippen molar-refractivity contribution in [3.8, 4) is 0 Å². The minimum Gasteiger partial charge on any atom is -0.462 e. The molecule has 0 fully saturated rings. The van der Waals surface area contributed by atoms with Crippen LogP contribution in [0.15, 0.2) is 35.3 Å². The molecule has 2 bridgehead atoms. The van der Waals surface area contributed by atoms with Crippen LogP contribution in [0.5, 0.6) is 0 Å². The number of fused-ring (bicyclic) bond motifs is 2. The molecule has 0 N–H and O–H groups in total. The van der Waals surface area contributed by atoms with Crippen LogP contribution in [0.1, 0.15) is 5.56 Å². The van der Waals surface area contributed by atoms with E-state index in [1.807, 2.05) is 18.2 Å². The number of carbonyl (C=O) groups is 1. The number of ether oxygens (including phenoxy) is 1. The highest BCUT2D eigenvalue weighted by molar-refractivity contribution is 5.81. The van der Waals surface area contributed by atoms with E-state index in [-0.39, 0.29) is 5.97 Å². The highest BCUT2D eigenvalue weighted by Gasteiger charge is 2.06. The number of hydrogen-bond acceptors (Lipinski definition) is 3. The quantitative estimate of drug-likeness (QED) is 0.547. The molecule has 72 valence electrons. The Hall–Kier alpha value is -1.77. The average Bonchev–Trinajstić information content (AvgIpc) is 2.79. The van der Waals surface area contributed by atoms with Gasteiger partial charge in [-0.15, -0.1) is 0 Å². The van der Waals surface area contributed by atoms with Gasteiger partial charge < -0.3 is 9.15 Å². The van der Waals surface area contributed by atoms with E-state index in [4.69, 9.17) is 9.15 Å². The number of rotatable bonds is 4.